The average molecular weight is 302 g/mol. The second-order valence-electron chi connectivity index (χ2n) is 7.17. The Kier molecular flexibility index (Phi) is 4.89. The Bertz CT molecular complexity index is 535. The number of benzene rings is 1. The van der Waals surface area contributed by atoms with Crippen molar-refractivity contribution in [1.29, 1.82) is 0 Å². The van der Waals surface area contributed by atoms with Gasteiger partial charge in [0.05, 0.1) is 0 Å². The quantitative estimate of drug-likeness (QED) is 0.851. The Morgan fingerprint density at radius 3 is 2.14 bits per heavy atom. The molecule has 120 valence electrons. The van der Waals surface area contributed by atoms with Crippen LogP contribution >= 0.6 is 0 Å². The molecule has 1 saturated heterocycles. The van der Waals surface area contributed by atoms with Gasteiger partial charge in [0, 0.05) is 30.1 Å². The van der Waals surface area contributed by atoms with Crippen molar-refractivity contribution in [1.82, 2.24) is 10.2 Å². The maximum absolute atomic E-state index is 12.5. The van der Waals surface area contributed by atoms with Crippen LogP contribution < -0.4 is 5.32 Å². The van der Waals surface area contributed by atoms with Gasteiger partial charge in [0.25, 0.3) is 0 Å². The number of aryl methyl sites for hydroxylation is 1. The largest absolute Gasteiger partial charge is 0.333 e. The summed E-state index contributed by atoms with van der Waals surface area (Å²) in [5.41, 5.74) is 1.71. The van der Waals surface area contributed by atoms with E-state index in [1.165, 1.54) is 0 Å². The average Bonchev–Trinajstić information content (AvgIpc) is 2.46. The molecule has 0 unspecified atom stereocenters. The summed E-state index contributed by atoms with van der Waals surface area (Å²) in [4.78, 5) is 26.4. The second kappa shape index (κ2) is 6.51. The van der Waals surface area contributed by atoms with Crippen LogP contribution in [0.5, 0.6) is 0 Å². The molecule has 1 heterocycles. The first-order valence-corrected chi connectivity index (χ1v) is 7.94. The van der Waals surface area contributed by atoms with Gasteiger partial charge in [0.2, 0.25) is 0 Å². The van der Waals surface area contributed by atoms with E-state index in [1.54, 1.807) is 0 Å². The highest BCUT2D eigenvalue weighted by Crippen LogP contribution is 2.22. The monoisotopic (exact) mass is 302 g/mol. The molecule has 1 aliphatic heterocycles. The van der Waals surface area contributed by atoms with Crippen molar-refractivity contribution in [3.63, 3.8) is 0 Å². The van der Waals surface area contributed by atoms with Crippen molar-refractivity contribution in [2.24, 2.45) is 5.92 Å². The van der Waals surface area contributed by atoms with Gasteiger partial charge in [-0.05, 0) is 40.5 Å². The topological polar surface area (TPSA) is 49.4 Å². The van der Waals surface area contributed by atoms with E-state index < -0.39 is 0 Å². The van der Waals surface area contributed by atoms with Crippen molar-refractivity contribution in [3.05, 3.63) is 35.4 Å². The van der Waals surface area contributed by atoms with Gasteiger partial charge in [0.1, 0.15) is 0 Å². The number of nitrogens with one attached hydrogen (secondary N) is 1. The van der Waals surface area contributed by atoms with E-state index in [9.17, 15) is 9.59 Å². The number of nitrogens with zero attached hydrogens (tertiary/aromatic N) is 1. The molecule has 1 aromatic carbocycles. The van der Waals surface area contributed by atoms with Gasteiger partial charge in [-0.15, -0.1) is 0 Å². The molecule has 1 aromatic rings. The number of urea groups is 1. The molecule has 0 bridgehead atoms. The van der Waals surface area contributed by atoms with Crippen LogP contribution in [0.1, 0.15) is 49.5 Å². The maximum atomic E-state index is 12.5. The lowest BCUT2D eigenvalue weighted by Crippen LogP contribution is -2.51. The molecule has 22 heavy (non-hydrogen) atoms. The fraction of sp³-hybridized carbons (Fsp3) is 0.556. The fourth-order valence-corrected chi connectivity index (χ4v) is 2.70. The van der Waals surface area contributed by atoms with Gasteiger partial charge in [-0.1, -0.05) is 29.8 Å². The van der Waals surface area contributed by atoms with Gasteiger partial charge in [-0.25, -0.2) is 4.79 Å². The fourth-order valence-electron chi connectivity index (χ4n) is 2.70. The number of Topliss-reactive ketones (excluding diaryl/α,β-unsaturated/α-hetero) is 1. The van der Waals surface area contributed by atoms with Crippen molar-refractivity contribution < 1.29 is 9.59 Å². The Morgan fingerprint density at radius 2 is 1.64 bits per heavy atom. The van der Waals surface area contributed by atoms with Crippen molar-refractivity contribution >= 4 is 11.8 Å². The van der Waals surface area contributed by atoms with Gasteiger partial charge >= 0.3 is 6.03 Å². The smallest absolute Gasteiger partial charge is 0.317 e. The number of piperidine rings is 1. The highest BCUT2D eigenvalue weighted by Gasteiger charge is 2.29. The summed E-state index contributed by atoms with van der Waals surface area (Å²) in [5.74, 6) is 0.234. The van der Waals surface area contributed by atoms with Gasteiger partial charge in [-0.3, -0.25) is 4.79 Å². The second-order valence-corrected chi connectivity index (χ2v) is 7.17. The predicted molar refractivity (Wildman–Crippen MR) is 88.1 cm³/mol. The molecule has 0 saturated carbocycles. The number of carbonyl (C=O) groups excluding carboxylic acids is 2. The van der Waals surface area contributed by atoms with Crippen molar-refractivity contribution in [3.8, 4) is 0 Å². The number of ketones is 1. The van der Waals surface area contributed by atoms with Crippen LogP contribution in [0.15, 0.2) is 24.3 Å². The minimum Gasteiger partial charge on any atom is -0.333 e. The van der Waals surface area contributed by atoms with Gasteiger partial charge in [0.15, 0.2) is 5.78 Å². The third-order valence-electron chi connectivity index (χ3n) is 3.97. The molecule has 1 N–H and O–H groups in total. The van der Waals surface area contributed by atoms with Crippen LogP contribution in [0.4, 0.5) is 4.79 Å². The van der Waals surface area contributed by atoms with E-state index in [0.717, 1.165) is 24.0 Å². The third-order valence-corrected chi connectivity index (χ3v) is 3.97. The van der Waals surface area contributed by atoms with Crippen LogP contribution in [0.3, 0.4) is 0 Å². The first kappa shape index (κ1) is 16.5. The number of hydrogen-bond donors (Lipinski definition) is 1. The Labute approximate surface area is 132 Å². The highest BCUT2D eigenvalue weighted by molar-refractivity contribution is 5.98. The molecule has 1 fully saturated rings. The lowest BCUT2D eigenvalue weighted by Gasteiger charge is -2.33. The normalized spacial score (nSPS) is 16.5. The van der Waals surface area contributed by atoms with Crippen LogP contribution in [-0.4, -0.2) is 35.3 Å². The van der Waals surface area contributed by atoms with Crippen molar-refractivity contribution in [2.75, 3.05) is 13.1 Å². The van der Waals surface area contributed by atoms with Crippen molar-refractivity contribution in [2.45, 2.75) is 46.1 Å². The Morgan fingerprint density at radius 1 is 1.09 bits per heavy atom. The van der Waals surface area contributed by atoms with Crippen LogP contribution in [0, 0.1) is 12.8 Å². The first-order valence-electron chi connectivity index (χ1n) is 7.94. The number of hydrogen-bond acceptors (Lipinski definition) is 2. The Balaban J connectivity index is 1.90. The van der Waals surface area contributed by atoms with Crippen LogP contribution in [0.25, 0.3) is 0 Å². The summed E-state index contributed by atoms with van der Waals surface area (Å²) in [6.07, 6.45) is 1.48. The minimum atomic E-state index is -0.231. The van der Waals surface area contributed by atoms with E-state index >= 15 is 0 Å². The molecule has 2 rings (SSSR count). The molecule has 0 spiro atoms. The number of rotatable bonds is 2. The van der Waals surface area contributed by atoms with E-state index in [-0.39, 0.29) is 23.3 Å². The SMILES string of the molecule is Cc1ccc(C(=O)C2CCN(C(=O)NC(C)(C)C)CC2)cc1. The lowest BCUT2D eigenvalue weighted by molar-refractivity contribution is 0.0851. The number of amides is 2. The van der Waals surface area contributed by atoms with Crippen LogP contribution in [0.2, 0.25) is 0 Å². The summed E-state index contributed by atoms with van der Waals surface area (Å²) in [5, 5.41) is 2.97. The van der Waals surface area contributed by atoms with E-state index in [4.69, 9.17) is 0 Å². The molecular formula is C18H26N2O2. The minimum absolute atomic E-state index is 0.0291. The van der Waals surface area contributed by atoms with Gasteiger partial charge in [-0.2, -0.15) is 0 Å². The zero-order chi connectivity index (χ0) is 16.3. The van der Waals surface area contributed by atoms with E-state index in [2.05, 4.69) is 5.32 Å². The number of likely N-dealkylation sites (tertiary alicyclic amines) is 1. The molecule has 4 nitrogen and oxygen atoms in total. The summed E-state index contributed by atoms with van der Waals surface area (Å²) in [6.45, 7) is 9.21. The zero-order valence-electron chi connectivity index (χ0n) is 14.0. The summed E-state index contributed by atoms with van der Waals surface area (Å²) >= 11 is 0. The van der Waals surface area contributed by atoms with Gasteiger partial charge < -0.3 is 10.2 Å². The van der Waals surface area contributed by atoms with Crippen LogP contribution in [-0.2, 0) is 0 Å². The molecule has 0 atom stereocenters. The lowest BCUT2D eigenvalue weighted by atomic mass is 9.89. The molecule has 2 amide bonds. The molecule has 0 aliphatic carbocycles. The maximum Gasteiger partial charge on any atom is 0.317 e. The highest BCUT2D eigenvalue weighted by atomic mass is 16.2. The first-order chi connectivity index (χ1) is 10.3. The predicted octanol–water partition coefficient (Wildman–Crippen LogP) is 3.40. The summed E-state index contributed by atoms with van der Waals surface area (Å²) in [6, 6.07) is 7.71. The standard InChI is InChI=1S/C18H26N2O2/c1-13-5-7-14(8-6-13)16(21)15-9-11-20(12-10-15)17(22)19-18(2,3)4/h5-8,15H,9-12H2,1-4H3,(H,19,22). The third kappa shape index (κ3) is 4.33. The Hall–Kier alpha value is -1.84. The number of carbonyl (C=O) groups is 2. The molecule has 0 aromatic heterocycles. The molecule has 1 aliphatic rings. The van der Waals surface area contributed by atoms with E-state index in [0.29, 0.717) is 13.1 Å². The molecular weight excluding hydrogens is 276 g/mol. The molecule has 4 heteroatoms. The zero-order valence-corrected chi connectivity index (χ0v) is 14.0. The molecule has 0 radical (unpaired) electrons. The van der Waals surface area contributed by atoms with E-state index in [1.807, 2.05) is 56.9 Å². The summed E-state index contributed by atoms with van der Waals surface area (Å²) in [7, 11) is 0. The summed E-state index contributed by atoms with van der Waals surface area (Å²) < 4.78 is 0.